The number of carbonyl (C=O) groups excluding carboxylic acids is 2. The molecule has 4 rings (SSSR count). The molecular formula is C24H22Cl2N2O3. The number of rotatable bonds is 5. The van der Waals surface area contributed by atoms with Gasteiger partial charge in [0.25, 0.3) is 5.91 Å². The van der Waals surface area contributed by atoms with E-state index in [0.717, 1.165) is 23.6 Å². The van der Waals surface area contributed by atoms with Crippen molar-refractivity contribution in [2.75, 3.05) is 20.6 Å². The van der Waals surface area contributed by atoms with Crippen molar-refractivity contribution in [3.63, 3.8) is 0 Å². The predicted molar refractivity (Wildman–Crippen MR) is 121 cm³/mol. The summed E-state index contributed by atoms with van der Waals surface area (Å²) in [5.41, 5.74) is 2.54. The Bertz CT molecular complexity index is 1140. The van der Waals surface area contributed by atoms with Crippen molar-refractivity contribution in [3.05, 3.63) is 92.4 Å². The van der Waals surface area contributed by atoms with Crippen molar-refractivity contribution in [3.8, 4) is 0 Å². The van der Waals surface area contributed by atoms with Crippen molar-refractivity contribution in [2.24, 2.45) is 0 Å². The lowest BCUT2D eigenvalue weighted by Crippen LogP contribution is -2.35. The largest absolute Gasteiger partial charge is 0.464 e. The van der Waals surface area contributed by atoms with E-state index >= 15 is 0 Å². The molecule has 31 heavy (non-hydrogen) atoms. The first kappa shape index (κ1) is 21.6. The normalized spacial score (nSPS) is 13.4. The maximum Gasteiger partial charge on any atom is 0.254 e. The Hall–Kier alpha value is -2.60. The molecule has 1 amide bonds. The second-order valence-electron chi connectivity index (χ2n) is 7.91. The van der Waals surface area contributed by atoms with E-state index in [1.54, 1.807) is 42.5 Å². The Morgan fingerprint density at radius 1 is 0.968 bits per heavy atom. The molecule has 0 bridgehead atoms. The molecule has 0 fully saturated rings. The average Bonchev–Trinajstić information content (AvgIpc) is 3.15. The second-order valence-corrected chi connectivity index (χ2v) is 8.73. The number of nitrogens with zero attached hydrogens (tertiary/aromatic N) is 2. The molecular weight excluding hydrogens is 435 g/mol. The van der Waals surface area contributed by atoms with Crippen LogP contribution >= 0.6 is 23.2 Å². The highest BCUT2D eigenvalue weighted by Crippen LogP contribution is 2.26. The van der Waals surface area contributed by atoms with E-state index in [1.807, 2.05) is 30.0 Å². The summed E-state index contributed by atoms with van der Waals surface area (Å²) in [7, 11) is 3.99. The third-order valence-electron chi connectivity index (χ3n) is 5.25. The van der Waals surface area contributed by atoms with Crippen molar-refractivity contribution in [2.45, 2.75) is 19.5 Å². The van der Waals surface area contributed by atoms with Crippen molar-refractivity contribution in [1.29, 1.82) is 0 Å². The van der Waals surface area contributed by atoms with E-state index in [2.05, 4.69) is 0 Å². The summed E-state index contributed by atoms with van der Waals surface area (Å²) in [5, 5.41) is 0.729. The van der Waals surface area contributed by atoms with Gasteiger partial charge in [-0.15, -0.1) is 0 Å². The summed E-state index contributed by atoms with van der Waals surface area (Å²) in [6.07, 6.45) is 0.697. The average molecular weight is 457 g/mol. The molecule has 0 radical (unpaired) electrons. The highest BCUT2D eigenvalue weighted by molar-refractivity contribution is 6.42. The zero-order valence-corrected chi connectivity index (χ0v) is 18.8. The summed E-state index contributed by atoms with van der Waals surface area (Å²) < 4.78 is 5.92. The molecule has 3 aromatic rings. The minimum atomic E-state index is -0.174. The van der Waals surface area contributed by atoms with Gasteiger partial charge >= 0.3 is 0 Å². The minimum absolute atomic E-state index is 0.0606. The molecule has 160 valence electrons. The zero-order chi connectivity index (χ0) is 22.1. The maximum absolute atomic E-state index is 13.0. The Kier molecular flexibility index (Phi) is 6.19. The van der Waals surface area contributed by atoms with Crippen LogP contribution in [0.1, 0.15) is 43.4 Å². The van der Waals surface area contributed by atoms with Crippen LogP contribution in [0.15, 0.2) is 52.9 Å². The van der Waals surface area contributed by atoms with Crippen LogP contribution in [0.4, 0.5) is 0 Å². The first-order valence-electron chi connectivity index (χ1n) is 9.96. The quantitative estimate of drug-likeness (QED) is 0.502. The number of fused-ring (bicyclic) bond motifs is 1. The minimum Gasteiger partial charge on any atom is -0.464 e. The Morgan fingerprint density at radius 2 is 1.65 bits per heavy atom. The SMILES string of the molecule is CN(C)Cc1cc2c(o1)CCN(C(=O)c1ccc(C(=O)c3ccc(Cl)c(Cl)c3)cc1)C2. The summed E-state index contributed by atoms with van der Waals surface area (Å²) in [4.78, 5) is 29.6. The fourth-order valence-electron chi connectivity index (χ4n) is 3.71. The number of hydrogen-bond donors (Lipinski definition) is 0. The number of hydrogen-bond acceptors (Lipinski definition) is 4. The number of furan rings is 1. The van der Waals surface area contributed by atoms with Gasteiger partial charge in [-0.1, -0.05) is 35.3 Å². The van der Waals surface area contributed by atoms with Crippen molar-refractivity contribution >= 4 is 34.9 Å². The Labute approximate surface area is 191 Å². The molecule has 0 unspecified atom stereocenters. The first-order valence-corrected chi connectivity index (χ1v) is 10.7. The molecule has 0 saturated heterocycles. The topological polar surface area (TPSA) is 53.8 Å². The molecule has 0 spiro atoms. The lowest BCUT2D eigenvalue weighted by Gasteiger charge is -2.26. The molecule has 7 heteroatoms. The van der Waals surface area contributed by atoms with Crippen LogP contribution in [0.5, 0.6) is 0 Å². The third kappa shape index (κ3) is 4.69. The maximum atomic E-state index is 13.0. The Morgan fingerprint density at radius 3 is 2.32 bits per heavy atom. The van der Waals surface area contributed by atoms with Gasteiger partial charge in [-0.2, -0.15) is 0 Å². The molecule has 0 aliphatic carbocycles. The summed E-state index contributed by atoms with van der Waals surface area (Å²) in [6, 6.07) is 13.5. The molecule has 1 aliphatic heterocycles. The molecule has 1 aliphatic rings. The van der Waals surface area contributed by atoms with Gasteiger partial charge in [0.15, 0.2) is 5.78 Å². The first-order chi connectivity index (χ1) is 14.8. The van der Waals surface area contributed by atoms with Crippen molar-refractivity contribution in [1.82, 2.24) is 9.80 Å². The highest BCUT2D eigenvalue weighted by atomic mass is 35.5. The summed E-state index contributed by atoms with van der Waals surface area (Å²) in [5.74, 6) is 1.64. The second kappa shape index (κ2) is 8.87. The van der Waals surface area contributed by atoms with E-state index in [4.69, 9.17) is 27.6 Å². The van der Waals surface area contributed by atoms with Gasteiger partial charge in [0.05, 0.1) is 16.6 Å². The molecule has 2 aromatic carbocycles. The van der Waals surface area contributed by atoms with Crippen LogP contribution in [0.3, 0.4) is 0 Å². The number of ketones is 1. The third-order valence-corrected chi connectivity index (χ3v) is 5.99. The predicted octanol–water partition coefficient (Wildman–Crippen LogP) is 5.08. The monoisotopic (exact) mass is 456 g/mol. The van der Waals surface area contributed by atoms with E-state index in [9.17, 15) is 9.59 Å². The fraction of sp³-hybridized carbons (Fsp3) is 0.250. The van der Waals surface area contributed by atoms with Gasteiger partial charge in [-0.25, -0.2) is 0 Å². The van der Waals surface area contributed by atoms with Crippen LogP contribution in [0.25, 0.3) is 0 Å². The number of carbonyl (C=O) groups is 2. The van der Waals surface area contributed by atoms with E-state index in [0.29, 0.717) is 46.2 Å². The van der Waals surface area contributed by atoms with E-state index in [1.165, 1.54) is 0 Å². The van der Waals surface area contributed by atoms with E-state index < -0.39 is 0 Å². The van der Waals surface area contributed by atoms with Gasteiger partial charge in [0, 0.05) is 41.8 Å². The number of benzene rings is 2. The van der Waals surface area contributed by atoms with Crippen LogP contribution in [0, 0.1) is 0 Å². The molecule has 0 N–H and O–H groups in total. The number of halogens is 2. The van der Waals surface area contributed by atoms with Crippen LogP contribution in [0.2, 0.25) is 10.0 Å². The lowest BCUT2D eigenvalue weighted by molar-refractivity contribution is 0.0729. The van der Waals surface area contributed by atoms with Crippen LogP contribution in [-0.4, -0.2) is 42.1 Å². The fourth-order valence-corrected chi connectivity index (χ4v) is 4.01. The van der Waals surface area contributed by atoms with Gasteiger partial charge in [-0.05, 0) is 50.5 Å². The summed E-state index contributed by atoms with van der Waals surface area (Å²) >= 11 is 11.9. The molecule has 2 heterocycles. The van der Waals surface area contributed by atoms with Crippen LogP contribution in [-0.2, 0) is 19.5 Å². The van der Waals surface area contributed by atoms with Gasteiger partial charge in [-0.3, -0.25) is 9.59 Å². The number of amides is 1. The van der Waals surface area contributed by atoms with Gasteiger partial charge in [0.1, 0.15) is 11.5 Å². The molecule has 0 atom stereocenters. The molecule has 5 nitrogen and oxygen atoms in total. The van der Waals surface area contributed by atoms with Gasteiger partial charge < -0.3 is 14.2 Å². The summed E-state index contributed by atoms with van der Waals surface area (Å²) in [6.45, 7) is 1.86. The smallest absolute Gasteiger partial charge is 0.254 e. The van der Waals surface area contributed by atoms with Crippen LogP contribution < -0.4 is 0 Å². The standard InChI is InChI=1S/C24H22Cl2N2O3/c1-27(2)14-19-11-18-13-28(10-9-22(18)31-19)24(30)16-5-3-15(4-6-16)23(29)17-7-8-20(25)21(26)12-17/h3-8,11-12H,9-10,13-14H2,1-2H3. The molecule has 0 saturated carbocycles. The lowest BCUT2D eigenvalue weighted by atomic mass is 10.0. The highest BCUT2D eigenvalue weighted by Gasteiger charge is 2.25. The molecule has 1 aromatic heterocycles. The van der Waals surface area contributed by atoms with E-state index in [-0.39, 0.29) is 11.7 Å². The zero-order valence-electron chi connectivity index (χ0n) is 17.3. The van der Waals surface area contributed by atoms with Crippen molar-refractivity contribution < 1.29 is 14.0 Å². The Balaban J connectivity index is 1.46. The van der Waals surface area contributed by atoms with Gasteiger partial charge in [0.2, 0.25) is 0 Å².